The molecule has 0 aliphatic carbocycles. The van der Waals surface area contributed by atoms with Gasteiger partial charge in [0.05, 0.1) is 7.11 Å². The number of rotatable bonds is 7. The van der Waals surface area contributed by atoms with Gasteiger partial charge in [-0.3, -0.25) is 10.1 Å². The van der Waals surface area contributed by atoms with Crippen LogP contribution in [-0.2, 0) is 4.79 Å². The van der Waals surface area contributed by atoms with Gasteiger partial charge < -0.3 is 4.74 Å². The first kappa shape index (κ1) is 16.5. The highest BCUT2D eigenvalue weighted by Gasteiger charge is 2.06. The van der Waals surface area contributed by atoms with Gasteiger partial charge in [-0.2, -0.15) is 0 Å². The third-order valence-electron chi connectivity index (χ3n) is 2.61. The van der Waals surface area contributed by atoms with Crippen LogP contribution in [0.4, 0.5) is 5.13 Å². The number of aromatic nitrogens is 2. The molecule has 0 unspecified atom stereocenters. The highest BCUT2D eigenvalue weighted by molar-refractivity contribution is 8.01. The van der Waals surface area contributed by atoms with Crippen LogP contribution in [0.5, 0.6) is 5.75 Å². The lowest BCUT2D eigenvalue weighted by molar-refractivity contribution is -0.111. The smallest absolute Gasteiger partial charge is 0.250 e. The van der Waals surface area contributed by atoms with E-state index in [1.54, 1.807) is 24.9 Å². The maximum Gasteiger partial charge on any atom is 0.250 e. The Morgan fingerprint density at radius 1 is 1.36 bits per heavy atom. The molecule has 0 bridgehead atoms. The molecule has 1 aromatic heterocycles. The number of amides is 1. The van der Waals surface area contributed by atoms with E-state index in [1.807, 2.05) is 24.3 Å². The third kappa shape index (κ3) is 5.16. The van der Waals surface area contributed by atoms with Gasteiger partial charge in [-0.05, 0) is 30.2 Å². The first-order valence-electron chi connectivity index (χ1n) is 6.80. The molecule has 1 heterocycles. The molecule has 0 saturated carbocycles. The fourth-order valence-corrected chi connectivity index (χ4v) is 3.22. The molecule has 1 N–H and O–H groups in total. The van der Waals surface area contributed by atoms with Gasteiger partial charge in [-0.15, -0.1) is 10.2 Å². The van der Waals surface area contributed by atoms with Gasteiger partial charge in [0, 0.05) is 11.8 Å². The summed E-state index contributed by atoms with van der Waals surface area (Å²) < 4.78 is 5.96. The van der Waals surface area contributed by atoms with Crippen LogP contribution in [-0.4, -0.2) is 29.0 Å². The van der Waals surface area contributed by atoms with Crippen LogP contribution in [0.1, 0.15) is 18.9 Å². The second-order valence-electron chi connectivity index (χ2n) is 4.32. The molecule has 2 rings (SSSR count). The Balaban J connectivity index is 1.88. The summed E-state index contributed by atoms with van der Waals surface area (Å²) in [6, 6.07) is 7.46. The molecule has 0 fully saturated rings. The number of thioether (sulfide) groups is 1. The van der Waals surface area contributed by atoms with Gasteiger partial charge in [0.25, 0.3) is 0 Å². The SMILES string of the molecule is CCCSc1nnc(NC(=O)/C=C/c2ccc(OC)cc2)s1. The lowest BCUT2D eigenvalue weighted by Crippen LogP contribution is -2.07. The van der Waals surface area contributed by atoms with Crippen molar-refractivity contribution in [1.82, 2.24) is 10.2 Å². The van der Waals surface area contributed by atoms with Crippen molar-refractivity contribution in [2.75, 3.05) is 18.2 Å². The number of methoxy groups -OCH3 is 1. The first-order valence-corrected chi connectivity index (χ1v) is 8.61. The monoisotopic (exact) mass is 335 g/mol. The van der Waals surface area contributed by atoms with Crippen LogP contribution in [0.25, 0.3) is 6.08 Å². The van der Waals surface area contributed by atoms with Crippen LogP contribution in [0.15, 0.2) is 34.7 Å². The molecule has 1 aromatic carbocycles. The normalized spacial score (nSPS) is 10.8. The number of nitrogens with one attached hydrogen (secondary N) is 1. The molecule has 5 nitrogen and oxygen atoms in total. The van der Waals surface area contributed by atoms with E-state index in [0.29, 0.717) is 5.13 Å². The molecule has 7 heteroatoms. The molecule has 0 radical (unpaired) electrons. The Morgan fingerprint density at radius 2 is 2.14 bits per heavy atom. The molecule has 22 heavy (non-hydrogen) atoms. The molecule has 0 spiro atoms. The van der Waals surface area contributed by atoms with E-state index in [9.17, 15) is 4.79 Å². The molecule has 0 atom stereocenters. The standard InChI is InChI=1S/C15H17N3O2S2/c1-3-10-21-15-18-17-14(22-15)16-13(19)9-6-11-4-7-12(20-2)8-5-11/h4-9H,3,10H2,1-2H3,(H,16,17,19)/b9-6+. The second-order valence-corrected chi connectivity index (χ2v) is 6.64. The number of carbonyl (C=O) groups excluding carboxylic acids is 1. The minimum Gasteiger partial charge on any atom is -0.497 e. The Labute approximate surface area is 137 Å². The van der Waals surface area contributed by atoms with Crippen LogP contribution >= 0.6 is 23.1 Å². The van der Waals surface area contributed by atoms with E-state index in [2.05, 4.69) is 22.4 Å². The van der Waals surface area contributed by atoms with Crippen molar-refractivity contribution in [3.8, 4) is 5.75 Å². The molecule has 116 valence electrons. The van der Waals surface area contributed by atoms with Crippen molar-refractivity contribution >= 4 is 40.2 Å². The Hall–Kier alpha value is -1.86. The largest absolute Gasteiger partial charge is 0.497 e. The summed E-state index contributed by atoms with van der Waals surface area (Å²) >= 11 is 3.03. The predicted octanol–water partition coefficient (Wildman–Crippen LogP) is 3.70. The summed E-state index contributed by atoms with van der Waals surface area (Å²) in [4.78, 5) is 11.8. The fourth-order valence-electron chi connectivity index (χ4n) is 1.54. The van der Waals surface area contributed by atoms with E-state index in [4.69, 9.17) is 4.74 Å². The maximum atomic E-state index is 11.8. The summed E-state index contributed by atoms with van der Waals surface area (Å²) in [7, 11) is 1.62. The third-order valence-corrected chi connectivity index (χ3v) is 4.79. The van der Waals surface area contributed by atoms with Gasteiger partial charge in [-0.1, -0.05) is 42.2 Å². The topological polar surface area (TPSA) is 64.1 Å². The fraction of sp³-hybridized carbons (Fsp3) is 0.267. The lowest BCUT2D eigenvalue weighted by Gasteiger charge is -1.99. The molecular formula is C15H17N3O2S2. The summed E-state index contributed by atoms with van der Waals surface area (Å²) in [5.41, 5.74) is 0.924. The zero-order valence-electron chi connectivity index (χ0n) is 12.4. The van der Waals surface area contributed by atoms with Crippen LogP contribution < -0.4 is 10.1 Å². The Kier molecular flexibility index (Phi) is 6.42. The van der Waals surface area contributed by atoms with E-state index in [0.717, 1.165) is 27.8 Å². The predicted molar refractivity (Wildman–Crippen MR) is 91.6 cm³/mol. The summed E-state index contributed by atoms with van der Waals surface area (Å²) in [6.45, 7) is 2.11. The van der Waals surface area contributed by atoms with Crippen molar-refractivity contribution in [2.24, 2.45) is 0 Å². The molecular weight excluding hydrogens is 318 g/mol. The van der Waals surface area contributed by atoms with Gasteiger partial charge >= 0.3 is 0 Å². The highest BCUT2D eigenvalue weighted by atomic mass is 32.2. The van der Waals surface area contributed by atoms with Crippen LogP contribution in [0.3, 0.4) is 0 Å². The number of nitrogens with zero attached hydrogens (tertiary/aromatic N) is 2. The number of carbonyl (C=O) groups is 1. The minimum atomic E-state index is -0.223. The minimum absolute atomic E-state index is 0.223. The Morgan fingerprint density at radius 3 is 2.82 bits per heavy atom. The lowest BCUT2D eigenvalue weighted by atomic mass is 10.2. The maximum absolute atomic E-state index is 11.8. The molecule has 2 aromatic rings. The summed E-state index contributed by atoms with van der Waals surface area (Å²) in [5, 5.41) is 11.2. The average molecular weight is 335 g/mol. The average Bonchev–Trinajstić information content (AvgIpc) is 2.98. The van der Waals surface area contributed by atoms with Gasteiger partial charge in [0.15, 0.2) is 4.34 Å². The van der Waals surface area contributed by atoms with Gasteiger partial charge in [-0.25, -0.2) is 0 Å². The molecule has 0 saturated heterocycles. The number of ether oxygens (including phenoxy) is 1. The summed E-state index contributed by atoms with van der Waals surface area (Å²) in [6.07, 6.45) is 4.29. The van der Waals surface area contributed by atoms with Crippen molar-refractivity contribution in [1.29, 1.82) is 0 Å². The summed E-state index contributed by atoms with van der Waals surface area (Å²) in [5.74, 6) is 1.56. The van der Waals surface area contributed by atoms with Crippen molar-refractivity contribution in [3.05, 3.63) is 35.9 Å². The number of hydrogen-bond donors (Lipinski definition) is 1. The second kappa shape index (κ2) is 8.55. The van der Waals surface area contributed by atoms with Gasteiger partial charge in [0.1, 0.15) is 5.75 Å². The van der Waals surface area contributed by atoms with Crippen molar-refractivity contribution < 1.29 is 9.53 Å². The first-order chi connectivity index (χ1) is 10.7. The van der Waals surface area contributed by atoms with Crippen molar-refractivity contribution in [2.45, 2.75) is 17.7 Å². The number of benzene rings is 1. The van der Waals surface area contributed by atoms with E-state index < -0.39 is 0 Å². The zero-order chi connectivity index (χ0) is 15.8. The van der Waals surface area contributed by atoms with E-state index in [-0.39, 0.29) is 5.91 Å². The number of anilines is 1. The van der Waals surface area contributed by atoms with E-state index >= 15 is 0 Å². The van der Waals surface area contributed by atoms with Crippen molar-refractivity contribution in [3.63, 3.8) is 0 Å². The molecule has 1 amide bonds. The number of hydrogen-bond acceptors (Lipinski definition) is 6. The van der Waals surface area contributed by atoms with Crippen LogP contribution in [0, 0.1) is 0 Å². The zero-order valence-corrected chi connectivity index (χ0v) is 14.0. The molecule has 0 aliphatic heterocycles. The highest BCUT2D eigenvalue weighted by Crippen LogP contribution is 2.25. The quantitative estimate of drug-likeness (QED) is 0.475. The van der Waals surface area contributed by atoms with E-state index in [1.165, 1.54) is 17.4 Å². The Bertz CT molecular complexity index is 638. The van der Waals surface area contributed by atoms with Gasteiger partial charge in [0.2, 0.25) is 11.0 Å². The molecule has 0 aliphatic rings. The van der Waals surface area contributed by atoms with Crippen LogP contribution in [0.2, 0.25) is 0 Å².